The summed E-state index contributed by atoms with van der Waals surface area (Å²) < 4.78 is 4.83. The van der Waals surface area contributed by atoms with Gasteiger partial charge in [0.15, 0.2) is 5.82 Å². The van der Waals surface area contributed by atoms with Gasteiger partial charge in [0.05, 0.1) is 29.2 Å². The van der Waals surface area contributed by atoms with Crippen molar-refractivity contribution in [3.05, 3.63) is 42.0 Å². The first kappa shape index (κ1) is 16.8. The standard InChI is InChI=1S/C21H21N5O2/c1-28-21(27)13-5-7-16-15(11-13)19(25-24-16)20-22-17-8-6-14(12-18(17)23-20)26-9-3-2-4-10-26/h5-8,11-12H,2-4,9-10H2,1H3,(H,22,23)(H,24,25). The zero-order chi connectivity index (χ0) is 19.1. The molecule has 1 saturated heterocycles. The molecule has 4 aromatic rings. The number of carbonyl (C=O) groups is 1. The fourth-order valence-corrected chi connectivity index (χ4v) is 3.90. The summed E-state index contributed by atoms with van der Waals surface area (Å²) in [5.74, 6) is 0.309. The van der Waals surface area contributed by atoms with E-state index in [-0.39, 0.29) is 5.97 Å². The van der Waals surface area contributed by atoms with E-state index < -0.39 is 0 Å². The van der Waals surface area contributed by atoms with Crippen molar-refractivity contribution in [2.75, 3.05) is 25.1 Å². The monoisotopic (exact) mass is 375 g/mol. The number of benzene rings is 2. The number of rotatable bonds is 3. The molecule has 7 nitrogen and oxygen atoms in total. The Hall–Kier alpha value is -3.35. The minimum Gasteiger partial charge on any atom is -0.465 e. The Morgan fingerprint density at radius 1 is 1.07 bits per heavy atom. The lowest BCUT2D eigenvalue weighted by molar-refractivity contribution is 0.0601. The van der Waals surface area contributed by atoms with Crippen LogP contribution in [0.1, 0.15) is 29.6 Å². The number of ether oxygens (including phenoxy) is 1. The van der Waals surface area contributed by atoms with Gasteiger partial charge < -0.3 is 14.6 Å². The number of aromatic nitrogens is 4. The lowest BCUT2D eigenvalue weighted by Crippen LogP contribution is -2.29. The Labute approximate surface area is 161 Å². The molecule has 0 amide bonds. The highest BCUT2D eigenvalue weighted by Gasteiger charge is 2.16. The SMILES string of the molecule is COC(=O)c1ccc2[nH]nc(-c3nc4ccc(N5CCCCC5)cc4[nH]3)c2c1. The molecule has 1 aliphatic heterocycles. The van der Waals surface area contributed by atoms with E-state index in [4.69, 9.17) is 9.72 Å². The fourth-order valence-electron chi connectivity index (χ4n) is 3.90. The number of fused-ring (bicyclic) bond motifs is 2. The third kappa shape index (κ3) is 2.79. The maximum Gasteiger partial charge on any atom is 0.337 e. The van der Waals surface area contributed by atoms with E-state index >= 15 is 0 Å². The zero-order valence-electron chi connectivity index (χ0n) is 15.7. The van der Waals surface area contributed by atoms with E-state index in [1.54, 1.807) is 12.1 Å². The third-order valence-corrected chi connectivity index (χ3v) is 5.39. The van der Waals surface area contributed by atoms with E-state index in [0.29, 0.717) is 17.1 Å². The van der Waals surface area contributed by atoms with Crippen LogP contribution in [0.4, 0.5) is 5.69 Å². The molecule has 7 heteroatoms. The lowest BCUT2D eigenvalue weighted by atomic mass is 10.1. The second-order valence-corrected chi connectivity index (χ2v) is 7.16. The second kappa shape index (κ2) is 6.67. The Balaban J connectivity index is 1.56. The number of esters is 1. The number of piperidine rings is 1. The number of hydrogen-bond donors (Lipinski definition) is 2. The maximum atomic E-state index is 11.9. The Bertz CT molecular complexity index is 1170. The molecule has 0 unspecified atom stereocenters. The molecule has 0 radical (unpaired) electrons. The van der Waals surface area contributed by atoms with Crippen LogP contribution in [-0.2, 0) is 4.74 Å². The molecule has 0 saturated carbocycles. The van der Waals surface area contributed by atoms with Gasteiger partial charge in [0.25, 0.3) is 0 Å². The van der Waals surface area contributed by atoms with Crippen molar-refractivity contribution in [1.82, 2.24) is 20.2 Å². The van der Waals surface area contributed by atoms with Crippen molar-refractivity contribution in [3.8, 4) is 11.5 Å². The molecular formula is C21H21N5O2. The Morgan fingerprint density at radius 3 is 2.75 bits per heavy atom. The van der Waals surface area contributed by atoms with Crippen LogP contribution in [0.3, 0.4) is 0 Å². The molecule has 2 N–H and O–H groups in total. The molecule has 3 heterocycles. The zero-order valence-corrected chi connectivity index (χ0v) is 15.7. The quantitative estimate of drug-likeness (QED) is 0.531. The Morgan fingerprint density at radius 2 is 1.93 bits per heavy atom. The number of hydrogen-bond acceptors (Lipinski definition) is 5. The summed E-state index contributed by atoms with van der Waals surface area (Å²) in [6.45, 7) is 2.21. The van der Waals surface area contributed by atoms with Crippen molar-refractivity contribution in [3.63, 3.8) is 0 Å². The Kier molecular flexibility index (Phi) is 4.00. The van der Waals surface area contributed by atoms with Crippen molar-refractivity contribution < 1.29 is 9.53 Å². The molecule has 28 heavy (non-hydrogen) atoms. The highest BCUT2D eigenvalue weighted by atomic mass is 16.5. The molecule has 0 atom stereocenters. The predicted molar refractivity (Wildman–Crippen MR) is 109 cm³/mol. The van der Waals surface area contributed by atoms with Gasteiger partial charge in [-0.25, -0.2) is 9.78 Å². The van der Waals surface area contributed by atoms with Gasteiger partial charge in [-0.05, 0) is 55.7 Å². The number of carbonyl (C=O) groups excluding carboxylic acids is 1. The molecular weight excluding hydrogens is 354 g/mol. The number of methoxy groups -OCH3 is 1. The second-order valence-electron chi connectivity index (χ2n) is 7.16. The molecule has 0 spiro atoms. The average Bonchev–Trinajstić information content (AvgIpc) is 3.36. The van der Waals surface area contributed by atoms with Gasteiger partial charge in [-0.3, -0.25) is 5.10 Å². The summed E-state index contributed by atoms with van der Waals surface area (Å²) in [4.78, 5) is 22.4. The predicted octanol–water partition coefficient (Wildman–Crippen LogP) is 3.88. The van der Waals surface area contributed by atoms with Gasteiger partial charge >= 0.3 is 5.97 Å². The summed E-state index contributed by atoms with van der Waals surface area (Å²) in [5.41, 5.74) is 5.13. The summed E-state index contributed by atoms with van der Waals surface area (Å²) in [5, 5.41) is 8.26. The molecule has 1 fully saturated rings. The minimum atomic E-state index is -0.371. The van der Waals surface area contributed by atoms with Crippen molar-refractivity contribution >= 4 is 33.6 Å². The van der Waals surface area contributed by atoms with E-state index in [9.17, 15) is 4.79 Å². The first-order valence-corrected chi connectivity index (χ1v) is 9.54. The molecule has 1 aliphatic rings. The lowest BCUT2D eigenvalue weighted by Gasteiger charge is -2.28. The smallest absolute Gasteiger partial charge is 0.337 e. The first-order valence-electron chi connectivity index (χ1n) is 9.54. The highest BCUT2D eigenvalue weighted by Crippen LogP contribution is 2.29. The van der Waals surface area contributed by atoms with Crippen LogP contribution < -0.4 is 4.90 Å². The number of nitrogens with zero attached hydrogens (tertiary/aromatic N) is 3. The minimum absolute atomic E-state index is 0.371. The molecule has 2 aromatic carbocycles. The van der Waals surface area contributed by atoms with Crippen LogP contribution in [0.25, 0.3) is 33.5 Å². The van der Waals surface area contributed by atoms with Crippen molar-refractivity contribution in [2.24, 2.45) is 0 Å². The highest BCUT2D eigenvalue weighted by molar-refractivity contribution is 5.99. The van der Waals surface area contributed by atoms with Crippen LogP contribution in [-0.4, -0.2) is 46.3 Å². The summed E-state index contributed by atoms with van der Waals surface area (Å²) in [6, 6.07) is 11.7. The van der Waals surface area contributed by atoms with Gasteiger partial charge in [-0.2, -0.15) is 5.10 Å². The van der Waals surface area contributed by atoms with Crippen LogP contribution in [0.15, 0.2) is 36.4 Å². The van der Waals surface area contributed by atoms with Crippen molar-refractivity contribution in [1.29, 1.82) is 0 Å². The number of aromatic amines is 2. The van der Waals surface area contributed by atoms with Crippen LogP contribution >= 0.6 is 0 Å². The van der Waals surface area contributed by atoms with E-state index in [1.807, 2.05) is 12.1 Å². The maximum absolute atomic E-state index is 11.9. The van der Waals surface area contributed by atoms with Gasteiger partial charge in [-0.15, -0.1) is 0 Å². The third-order valence-electron chi connectivity index (χ3n) is 5.39. The summed E-state index contributed by atoms with van der Waals surface area (Å²) in [7, 11) is 1.38. The number of nitrogens with one attached hydrogen (secondary N) is 2. The van der Waals surface area contributed by atoms with Crippen LogP contribution in [0.5, 0.6) is 0 Å². The van der Waals surface area contributed by atoms with Gasteiger partial charge in [0.1, 0.15) is 5.69 Å². The van der Waals surface area contributed by atoms with Crippen LogP contribution in [0.2, 0.25) is 0 Å². The summed E-state index contributed by atoms with van der Waals surface area (Å²) >= 11 is 0. The van der Waals surface area contributed by atoms with E-state index in [1.165, 1.54) is 32.1 Å². The molecule has 5 rings (SSSR count). The topological polar surface area (TPSA) is 86.9 Å². The number of imidazole rings is 1. The number of H-pyrrole nitrogens is 2. The molecule has 0 aliphatic carbocycles. The molecule has 0 bridgehead atoms. The largest absolute Gasteiger partial charge is 0.465 e. The summed E-state index contributed by atoms with van der Waals surface area (Å²) in [6.07, 6.45) is 3.80. The van der Waals surface area contributed by atoms with Crippen LogP contribution in [0, 0.1) is 0 Å². The van der Waals surface area contributed by atoms with Gasteiger partial charge in [-0.1, -0.05) is 0 Å². The average molecular weight is 375 g/mol. The molecule has 2 aromatic heterocycles. The van der Waals surface area contributed by atoms with Gasteiger partial charge in [0, 0.05) is 24.2 Å². The van der Waals surface area contributed by atoms with E-state index in [2.05, 4.69) is 32.2 Å². The first-order chi connectivity index (χ1) is 13.7. The van der Waals surface area contributed by atoms with Crippen molar-refractivity contribution in [2.45, 2.75) is 19.3 Å². The number of anilines is 1. The van der Waals surface area contributed by atoms with Gasteiger partial charge in [0.2, 0.25) is 0 Å². The normalized spacial score (nSPS) is 14.7. The van der Waals surface area contributed by atoms with E-state index in [0.717, 1.165) is 35.0 Å². The fraction of sp³-hybridized carbons (Fsp3) is 0.286. The molecule has 142 valence electrons.